The summed E-state index contributed by atoms with van der Waals surface area (Å²) in [6.45, 7) is 2.24. The zero-order valence-corrected chi connectivity index (χ0v) is 4.98. The van der Waals surface area contributed by atoms with E-state index in [1.807, 2.05) is 0 Å². The van der Waals surface area contributed by atoms with Gasteiger partial charge in [-0.05, 0) is 25.2 Å². The Balaban J connectivity index is 1.80. The molecule has 0 bridgehead atoms. The van der Waals surface area contributed by atoms with Crippen LogP contribution in [0.15, 0.2) is 0 Å². The number of unbranched alkanes of at least 4 members (excludes halogenated alkanes) is 1. The average Bonchev–Trinajstić information content (AvgIpc) is 2.42. The molecule has 0 atom stereocenters. The van der Waals surface area contributed by atoms with Crippen molar-refractivity contribution in [1.82, 2.24) is 0 Å². The quantitative estimate of drug-likeness (QED) is 0.507. The van der Waals surface area contributed by atoms with Crippen LogP contribution in [-0.2, 0) is 0 Å². The highest BCUT2D eigenvalue weighted by molar-refractivity contribution is 4.86. The van der Waals surface area contributed by atoms with Crippen molar-refractivity contribution in [2.45, 2.75) is 32.6 Å². The minimum atomic E-state index is 1.03. The lowest BCUT2D eigenvalue weighted by atomic mass is 10.2. The predicted molar refractivity (Wildman–Crippen MR) is 31.9 cm³/mol. The van der Waals surface area contributed by atoms with Crippen LogP contribution in [0, 0.1) is 12.3 Å². The highest BCUT2D eigenvalue weighted by Crippen LogP contribution is 2.32. The molecule has 0 spiro atoms. The summed E-state index contributed by atoms with van der Waals surface area (Å²) in [6.07, 6.45) is 8.07. The van der Waals surface area contributed by atoms with Gasteiger partial charge < -0.3 is 0 Å². The Hall–Kier alpha value is 0. The van der Waals surface area contributed by atoms with E-state index in [9.17, 15) is 0 Å². The van der Waals surface area contributed by atoms with E-state index in [1.54, 1.807) is 0 Å². The summed E-state index contributed by atoms with van der Waals surface area (Å²) in [4.78, 5) is 0. The molecule has 0 heterocycles. The highest BCUT2D eigenvalue weighted by Gasteiger charge is 2.19. The van der Waals surface area contributed by atoms with Crippen molar-refractivity contribution < 1.29 is 0 Å². The summed E-state index contributed by atoms with van der Waals surface area (Å²) >= 11 is 0. The van der Waals surface area contributed by atoms with E-state index in [0.717, 1.165) is 5.92 Å². The standard InChI is InChI=1S/C7H13/c1-2-3-4-7-5-6-7/h4,7H,2-3,5-6H2,1H3. The molecule has 0 aromatic heterocycles. The number of hydrogen-bond donors (Lipinski definition) is 0. The van der Waals surface area contributed by atoms with Crippen molar-refractivity contribution in [1.29, 1.82) is 0 Å². The first kappa shape index (κ1) is 5.14. The Bertz CT molecular complexity index is 44.0. The fourth-order valence-electron chi connectivity index (χ4n) is 0.734. The second-order valence-corrected chi connectivity index (χ2v) is 2.36. The van der Waals surface area contributed by atoms with Gasteiger partial charge in [-0.1, -0.05) is 19.8 Å². The molecule has 0 heteroatoms. The van der Waals surface area contributed by atoms with Crippen LogP contribution in [-0.4, -0.2) is 0 Å². The van der Waals surface area contributed by atoms with E-state index in [2.05, 4.69) is 13.3 Å². The van der Waals surface area contributed by atoms with E-state index in [4.69, 9.17) is 0 Å². The Morgan fingerprint density at radius 2 is 2.29 bits per heavy atom. The van der Waals surface area contributed by atoms with Gasteiger partial charge in [-0.3, -0.25) is 0 Å². The molecule has 1 radical (unpaired) electrons. The third-order valence-electron chi connectivity index (χ3n) is 1.41. The predicted octanol–water partition coefficient (Wildman–Crippen LogP) is 2.40. The summed E-state index contributed by atoms with van der Waals surface area (Å²) < 4.78 is 0. The van der Waals surface area contributed by atoms with E-state index in [-0.39, 0.29) is 0 Å². The molecular weight excluding hydrogens is 84.1 g/mol. The maximum absolute atomic E-state index is 2.46. The van der Waals surface area contributed by atoms with E-state index in [1.165, 1.54) is 25.7 Å². The van der Waals surface area contributed by atoms with Gasteiger partial charge in [0.2, 0.25) is 0 Å². The monoisotopic (exact) mass is 97.1 g/mol. The first-order valence-electron chi connectivity index (χ1n) is 3.27. The molecular formula is C7H13. The number of rotatable bonds is 3. The Kier molecular flexibility index (Phi) is 1.72. The van der Waals surface area contributed by atoms with Crippen LogP contribution in [0.25, 0.3) is 0 Å². The fraction of sp³-hybridized carbons (Fsp3) is 0.857. The van der Waals surface area contributed by atoms with E-state index >= 15 is 0 Å². The first-order valence-corrected chi connectivity index (χ1v) is 3.27. The molecule has 1 aliphatic rings. The molecule has 1 fully saturated rings. The lowest BCUT2D eigenvalue weighted by Crippen LogP contribution is -1.74. The van der Waals surface area contributed by atoms with Crippen LogP contribution in [0.5, 0.6) is 0 Å². The first-order chi connectivity index (χ1) is 3.43. The molecule has 0 N–H and O–H groups in total. The third kappa shape index (κ3) is 1.96. The highest BCUT2D eigenvalue weighted by atomic mass is 14.2. The van der Waals surface area contributed by atoms with Gasteiger partial charge in [0.15, 0.2) is 0 Å². The third-order valence-corrected chi connectivity index (χ3v) is 1.41. The summed E-state index contributed by atoms with van der Waals surface area (Å²) in [5.74, 6) is 1.03. The minimum absolute atomic E-state index is 1.03. The minimum Gasteiger partial charge on any atom is -0.0654 e. The fourth-order valence-corrected chi connectivity index (χ4v) is 0.734. The van der Waals surface area contributed by atoms with Gasteiger partial charge in [-0.2, -0.15) is 0 Å². The Morgan fingerprint density at radius 3 is 2.71 bits per heavy atom. The van der Waals surface area contributed by atoms with Crippen molar-refractivity contribution >= 4 is 0 Å². The van der Waals surface area contributed by atoms with Crippen LogP contribution < -0.4 is 0 Å². The molecule has 0 aliphatic heterocycles. The average molecular weight is 97.2 g/mol. The topological polar surface area (TPSA) is 0 Å². The van der Waals surface area contributed by atoms with Gasteiger partial charge in [0.25, 0.3) is 0 Å². The largest absolute Gasteiger partial charge is 0.0654 e. The lowest BCUT2D eigenvalue weighted by molar-refractivity contribution is 0.815. The van der Waals surface area contributed by atoms with Crippen LogP contribution in [0.3, 0.4) is 0 Å². The Morgan fingerprint density at radius 1 is 1.57 bits per heavy atom. The second-order valence-electron chi connectivity index (χ2n) is 2.36. The maximum Gasteiger partial charge on any atom is -0.0355 e. The summed E-state index contributed by atoms with van der Waals surface area (Å²) in [5.41, 5.74) is 0. The normalized spacial score (nSPS) is 20.1. The summed E-state index contributed by atoms with van der Waals surface area (Å²) in [7, 11) is 0. The molecule has 1 aliphatic carbocycles. The maximum atomic E-state index is 2.46. The molecule has 41 valence electrons. The van der Waals surface area contributed by atoms with Crippen LogP contribution in [0.2, 0.25) is 0 Å². The summed E-state index contributed by atoms with van der Waals surface area (Å²) in [6, 6.07) is 0. The zero-order chi connectivity index (χ0) is 5.11. The van der Waals surface area contributed by atoms with Gasteiger partial charge in [0.1, 0.15) is 0 Å². The van der Waals surface area contributed by atoms with Crippen molar-refractivity contribution in [3.63, 3.8) is 0 Å². The van der Waals surface area contributed by atoms with E-state index < -0.39 is 0 Å². The van der Waals surface area contributed by atoms with Crippen LogP contribution in [0.4, 0.5) is 0 Å². The molecule has 0 amide bonds. The lowest BCUT2D eigenvalue weighted by Gasteiger charge is -1.88. The zero-order valence-electron chi connectivity index (χ0n) is 4.98. The molecule has 0 unspecified atom stereocenters. The molecule has 7 heavy (non-hydrogen) atoms. The van der Waals surface area contributed by atoms with Gasteiger partial charge in [0, 0.05) is 0 Å². The second kappa shape index (κ2) is 2.34. The molecule has 1 saturated carbocycles. The van der Waals surface area contributed by atoms with E-state index in [0.29, 0.717) is 0 Å². The van der Waals surface area contributed by atoms with Crippen LogP contribution in [0.1, 0.15) is 32.6 Å². The van der Waals surface area contributed by atoms with Gasteiger partial charge >= 0.3 is 0 Å². The van der Waals surface area contributed by atoms with Crippen molar-refractivity contribution in [3.8, 4) is 0 Å². The molecule has 1 rings (SSSR count). The van der Waals surface area contributed by atoms with Crippen molar-refractivity contribution in [2.24, 2.45) is 5.92 Å². The van der Waals surface area contributed by atoms with Crippen molar-refractivity contribution in [3.05, 3.63) is 6.42 Å². The van der Waals surface area contributed by atoms with Crippen LogP contribution >= 0.6 is 0 Å². The molecule has 0 aromatic rings. The number of hydrogen-bond acceptors (Lipinski definition) is 0. The van der Waals surface area contributed by atoms with Gasteiger partial charge in [-0.15, -0.1) is 0 Å². The van der Waals surface area contributed by atoms with Gasteiger partial charge in [0.05, 0.1) is 0 Å². The molecule has 0 aromatic carbocycles. The molecule has 0 nitrogen and oxygen atoms in total. The summed E-state index contributed by atoms with van der Waals surface area (Å²) in [5, 5.41) is 0. The van der Waals surface area contributed by atoms with Gasteiger partial charge in [-0.25, -0.2) is 0 Å². The van der Waals surface area contributed by atoms with Crippen molar-refractivity contribution in [2.75, 3.05) is 0 Å². The SMILES string of the molecule is CCC[CH]C1CC1. The smallest absolute Gasteiger partial charge is 0.0355 e. The molecule has 0 saturated heterocycles. The Labute approximate surface area is 45.9 Å².